The second kappa shape index (κ2) is 7.75. The van der Waals surface area contributed by atoms with Crippen LogP contribution >= 0.6 is 0 Å². The molecule has 2 heterocycles. The fourth-order valence-electron chi connectivity index (χ4n) is 4.25. The highest BCUT2D eigenvalue weighted by molar-refractivity contribution is 6.07. The lowest BCUT2D eigenvalue weighted by molar-refractivity contribution is 0.0736. The van der Waals surface area contributed by atoms with Crippen molar-refractivity contribution in [3.63, 3.8) is 0 Å². The summed E-state index contributed by atoms with van der Waals surface area (Å²) in [7, 11) is 0. The van der Waals surface area contributed by atoms with Crippen molar-refractivity contribution >= 4 is 16.8 Å². The highest BCUT2D eigenvalue weighted by atomic mass is 16.2. The second-order valence-electron chi connectivity index (χ2n) is 7.87. The van der Waals surface area contributed by atoms with Gasteiger partial charge in [0.1, 0.15) is 0 Å². The topological polar surface area (TPSA) is 33.2 Å². The number of nitrogens with zero attached hydrogens (tertiary/aromatic N) is 2. The molecule has 0 saturated carbocycles. The molecule has 5 rings (SSSR count). The number of pyridine rings is 1. The molecule has 1 aliphatic heterocycles. The van der Waals surface area contributed by atoms with Gasteiger partial charge in [-0.15, -0.1) is 0 Å². The van der Waals surface area contributed by atoms with Gasteiger partial charge in [0.25, 0.3) is 5.91 Å². The summed E-state index contributed by atoms with van der Waals surface area (Å²) in [4.78, 5) is 20.4. The first-order valence-electron chi connectivity index (χ1n) is 10.6. The summed E-state index contributed by atoms with van der Waals surface area (Å²) in [6, 6.07) is 26.8. The number of carbonyl (C=O) groups is 1. The van der Waals surface area contributed by atoms with E-state index in [-0.39, 0.29) is 5.91 Å². The van der Waals surface area contributed by atoms with Crippen LogP contribution in [0.3, 0.4) is 0 Å². The fraction of sp³-hybridized carbons (Fsp3) is 0.185. The summed E-state index contributed by atoms with van der Waals surface area (Å²) in [5.74, 6) is 0.0783. The van der Waals surface area contributed by atoms with E-state index >= 15 is 0 Å². The zero-order valence-corrected chi connectivity index (χ0v) is 17.1. The zero-order valence-electron chi connectivity index (χ0n) is 17.1. The molecular weight excluding hydrogens is 368 g/mol. The van der Waals surface area contributed by atoms with Crippen LogP contribution in [0.4, 0.5) is 0 Å². The molecule has 0 unspecified atom stereocenters. The lowest BCUT2D eigenvalue weighted by Crippen LogP contribution is -2.36. The van der Waals surface area contributed by atoms with Gasteiger partial charge in [-0.1, -0.05) is 73.7 Å². The average molecular weight is 393 g/mol. The predicted octanol–water partition coefficient (Wildman–Crippen LogP) is 5.66. The third kappa shape index (κ3) is 3.37. The van der Waals surface area contributed by atoms with E-state index in [2.05, 4.69) is 49.4 Å². The van der Waals surface area contributed by atoms with E-state index in [0.717, 1.165) is 47.1 Å². The summed E-state index contributed by atoms with van der Waals surface area (Å²) >= 11 is 0. The predicted molar refractivity (Wildman–Crippen MR) is 121 cm³/mol. The van der Waals surface area contributed by atoms with Crippen LogP contribution in [0, 0.1) is 0 Å². The Morgan fingerprint density at radius 1 is 0.933 bits per heavy atom. The third-order valence-corrected chi connectivity index (χ3v) is 6.02. The standard InChI is InChI=1S/C27H24N2O/c1-2-19-11-13-21(14-12-19)26-17-24(23-9-5-6-10-25(23)28-26)27(30)29-16-15-20-7-3-4-8-22(20)18-29/h3-14,17H,2,15-16,18H2,1H3. The van der Waals surface area contributed by atoms with Gasteiger partial charge in [0, 0.05) is 24.0 Å². The molecule has 4 aromatic rings. The molecule has 1 aromatic heterocycles. The zero-order chi connectivity index (χ0) is 20.5. The average Bonchev–Trinajstić information content (AvgIpc) is 2.82. The van der Waals surface area contributed by atoms with Crippen LogP contribution in [0.1, 0.15) is 34.0 Å². The molecule has 0 radical (unpaired) electrons. The minimum atomic E-state index is 0.0783. The van der Waals surface area contributed by atoms with Gasteiger partial charge in [0.2, 0.25) is 0 Å². The first kappa shape index (κ1) is 18.6. The van der Waals surface area contributed by atoms with Crippen molar-refractivity contribution in [1.82, 2.24) is 9.88 Å². The number of rotatable bonds is 3. The van der Waals surface area contributed by atoms with E-state index in [1.807, 2.05) is 41.3 Å². The number of para-hydroxylation sites is 1. The van der Waals surface area contributed by atoms with Crippen LogP contribution in [0.15, 0.2) is 78.9 Å². The Kier molecular flexibility index (Phi) is 4.80. The Morgan fingerprint density at radius 2 is 1.67 bits per heavy atom. The van der Waals surface area contributed by atoms with E-state index in [0.29, 0.717) is 6.54 Å². The third-order valence-electron chi connectivity index (χ3n) is 6.02. The molecule has 148 valence electrons. The maximum absolute atomic E-state index is 13.6. The van der Waals surface area contributed by atoms with Gasteiger partial charge >= 0.3 is 0 Å². The summed E-state index contributed by atoms with van der Waals surface area (Å²) < 4.78 is 0. The Bertz CT molecular complexity index is 1230. The van der Waals surface area contributed by atoms with Crippen molar-refractivity contribution in [2.24, 2.45) is 0 Å². The molecule has 0 N–H and O–H groups in total. The van der Waals surface area contributed by atoms with E-state index in [9.17, 15) is 4.79 Å². The molecule has 30 heavy (non-hydrogen) atoms. The smallest absolute Gasteiger partial charge is 0.254 e. The van der Waals surface area contributed by atoms with Crippen molar-refractivity contribution < 1.29 is 4.79 Å². The SMILES string of the molecule is CCc1ccc(-c2cc(C(=O)N3CCc4ccccc4C3)c3ccccc3n2)cc1. The normalized spacial score (nSPS) is 13.3. The van der Waals surface area contributed by atoms with E-state index in [1.54, 1.807) is 0 Å². The van der Waals surface area contributed by atoms with Crippen molar-refractivity contribution in [2.45, 2.75) is 26.3 Å². The summed E-state index contributed by atoms with van der Waals surface area (Å²) in [5.41, 5.74) is 7.35. The maximum atomic E-state index is 13.6. The first-order valence-corrected chi connectivity index (χ1v) is 10.6. The van der Waals surface area contributed by atoms with Gasteiger partial charge in [-0.05, 0) is 41.7 Å². The molecule has 0 bridgehead atoms. The minimum Gasteiger partial charge on any atom is -0.334 e. The molecule has 1 aliphatic rings. The van der Waals surface area contributed by atoms with Gasteiger partial charge < -0.3 is 4.90 Å². The van der Waals surface area contributed by atoms with Crippen molar-refractivity contribution in [3.8, 4) is 11.3 Å². The molecular formula is C27H24N2O. The van der Waals surface area contributed by atoms with Crippen molar-refractivity contribution in [1.29, 1.82) is 0 Å². The van der Waals surface area contributed by atoms with Gasteiger partial charge in [0.15, 0.2) is 0 Å². The number of fused-ring (bicyclic) bond motifs is 2. The molecule has 3 heteroatoms. The molecule has 3 nitrogen and oxygen atoms in total. The molecule has 0 aliphatic carbocycles. The van der Waals surface area contributed by atoms with Crippen molar-refractivity contribution in [2.75, 3.05) is 6.54 Å². The number of carbonyl (C=O) groups excluding carboxylic acids is 1. The Balaban J connectivity index is 1.56. The summed E-state index contributed by atoms with van der Waals surface area (Å²) in [6.07, 6.45) is 1.90. The molecule has 1 amide bonds. The number of benzene rings is 3. The fourth-order valence-corrected chi connectivity index (χ4v) is 4.25. The first-order chi connectivity index (χ1) is 14.7. The van der Waals surface area contributed by atoms with Crippen LogP contribution in [0.2, 0.25) is 0 Å². The monoisotopic (exact) mass is 392 g/mol. The largest absolute Gasteiger partial charge is 0.334 e. The minimum absolute atomic E-state index is 0.0783. The molecule has 0 fully saturated rings. The lowest BCUT2D eigenvalue weighted by atomic mass is 9.98. The Morgan fingerprint density at radius 3 is 2.47 bits per heavy atom. The maximum Gasteiger partial charge on any atom is 0.254 e. The van der Waals surface area contributed by atoms with Gasteiger partial charge in [0.05, 0.1) is 16.8 Å². The van der Waals surface area contributed by atoms with Gasteiger partial charge in [-0.25, -0.2) is 4.98 Å². The Hall–Kier alpha value is -3.46. The van der Waals surface area contributed by atoms with Crippen LogP contribution < -0.4 is 0 Å². The van der Waals surface area contributed by atoms with E-state index in [1.165, 1.54) is 16.7 Å². The molecule has 0 saturated heterocycles. The van der Waals surface area contributed by atoms with Crippen LogP contribution in [0.5, 0.6) is 0 Å². The van der Waals surface area contributed by atoms with Gasteiger partial charge in [-0.3, -0.25) is 4.79 Å². The van der Waals surface area contributed by atoms with Crippen LogP contribution in [0.25, 0.3) is 22.2 Å². The lowest BCUT2D eigenvalue weighted by Gasteiger charge is -2.29. The number of hydrogen-bond acceptors (Lipinski definition) is 2. The summed E-state index contributed by atoms with van der Waals surface area (Å²) in [6.45, 7) is 3.55. The van der Waals surface area contributed by atoms with E-state index < -0.39 is 0 Å². The molecule has 0 spiro atoms. The van der Waals surface area contributed by atoms with Crippen molar-refractivity contribution in [3.05, 3.63) is 101 Å². The van der Waals surface area contributed by atoms with E-state index in [4.69, 9.17) is 4.98 Å². The van der Waals surface area contributed by atoms with Crippen LogP contribution in [-0.4, -0.2) is 22.3 Å². The molecule has 0 atom stereocenters. The number of hydrogen-bond donors (Lipinski definition) is 0. The van der Waals surface area contributed by atoms with Crippen LogP contribution in [-0.2, 0) is 19.4 Å². The summed E-state index contributed by atoms with van der Waals surface area (Å²) in [5, 5.41) is 0.912. The number of aryl methyl sites for hydroxylation is 1. The number of aromatic nitrogens is 1. The quantitative estimate of drug-likeness (QED) is 0.450. The highest BCUT2D eigenvalue weighted by Crippen LogP contribution is 2.28. The molecule has 3 aromatic carbocycles. The Labute approximate surface area is 177 Å². The number of amides is 1. The van der Waals surface area contributed by atoms with Gasteiger partial charge in [-0.2, -0.15) is 0 Å². The highest BCUT2D eigenvalue weighted by Gasteiger charge is 2.24. The second-order valence-corrected chi connectivity index (χ2v) is 7.87.